The number of carbonyl (C=O) groups excluding carboxylic acids is 1. The van der Waals surface area contributed by atoms with Crippen LogP contribution in [0.3, 0.4) is 0 Å². The van der Waals surface area contributed by atoms with E-state index in [0.29, 0.717) is 5.56 Å². The number of aliphatic hydroxyl groups is 1. The van der Waals surface area contributed by atoms with Crippen LogP contribution in [0.4, 0.5) is 0 Å². The van der Waals surface area contributed by atoms with E-state index in [1.54, 1.807) is 25.4 Å². The summed E-state index contributed by atoms with van der Waals surface area (Å²) in [6, 6.07) is 5.11. The van der Waals surface area contributed by atoms with Crippen LogP contribution < -0.4 is 5.32 Å². The van der Waals surface area contributed by atoms with Crippen LogP contribution in [0.25, 0.3) is 11.0 Å². The minimum atomic E-state index is -0.248. The van der Waals surface area contributed by atoms with Gasteiger partial charge < -0.3 is 15.0 Å². The second kappa shape index (κ2) is 4.55. The summed E-state index contributed by atoms with van der Waals surface area (Å²) >= 11 is 0. The third-order valence-corrected chi connectivity index (χ3v) is 2.64. The number of aromatic nitrogens is 2. The van der Waals surface area contributed by atoms with Crippen molar-refractivity contribution >= 4 is 16.9 Å². The van der Waals surface area contributed by atoms with Crippen molar-refractivity contribution in [3.8, 4) is 0 Å². The molecule has 2 N–H and O–H groups in total. The van der Waals surface area contributed by atoms with E-state index in [1.165, 1.54) is 0 Å². The lowest BCUT2D eigenvalue weighted by atomic mass is 10.1. The molecule has 0 bridgehead atoms. The monoisotopic (exact) mass is 233 g/mol. The summed E-state index contributed by atoms with van der Waals surface area (Å²) in [5.74, 6) is -0.195. The van der Waals surface area contributed by atoms with Crippen LogP contribution in [-0.2, 0) is 7.05 Å². The first kappa shape index (κ1) is 11.6. The number of benzene rings is 1. The van der Waals surface area contributed by atoms with Crippen LogP contribution in [-0.4, -0.2) is 33.2 Å². The Morgan fingerprint density at radius 3 is 3.06 bits per heavy atom. The van der Waals surface area contributed by atoms with Gasteiger partial charge in [0, 0.05) is 18.7 Å². The van der Waals surface area contributed by atoms with Crippen LogP contribution in [0, 0.1) is 0 Å². The fourth-order valence-electron chi connectivity index (χ4n) is 1.63. The fraction of sp³-hybridized carbons (Fsp3) is 0.333. The molecule has 0 aliphatic rings. The largest absolute Gasteiger partial charge is 0.394 e. The van der Waals surface area contributed by atoms with Crippen molar-refractivity contribution in [2.75, 3.05) is 6.61 Å². The maximum absolute atomic E-state index is 11.8. The number of rotatable bonds is 3. The summed E-state index contributed by atoms with van der Waals surface area (Å²) in [4.78, 5) is 16.0. The first-order chi connectivity index (χ1) is 8.11. The second-order valence-electron chi connectivity index (χ2n) is 4.12. The van der Waals surface area contributed by atoms with Crippen LogP contribution >= 0.6 is 0 Å². The first-order valence-electron chi connectivity index (χ1n) is 5.44. The van der Waals surface area contributed by atoms with Gasteiger partial charge in [0.15, 0.2) is 0 Å². The highest BCUT2D eigenvalue weighted by molar-refractivity contribution is 5.97. The molecule has 17 heavy (non-hydrogen) atoms. The van der Waals surface area contributed by atoms with E-state index < -0.39 is 0 Å². The van der Waals surface area contributed by atoms with Gasteiger partial charge in [0.2, 0.25) is 0 Å². The zero-order valence-electron chi connectivity index (χ0n) is 9.84. The van der Waals surface area contributed by atoms with Crippen molar-refractivity contribution in [1.82, 2.24) is 14.9 Å². The topological polar surface area (TPSA) is 67.2 Å². The minimum absolute atomic E-state index is 0.0719. The highest BCUT2D eigenvalue weighted by Crippen LogP contribution is 2.13. The summed E-state index contributed by atoms with van der Waals surface area (Å²) in [6.07, 6.45) is 1.71. The average molecular weight is 233 g/mol. The zero-order valence-corrected chi connectivity index (χ0v) is 9.84. The van der Waals surface area contributed by atoms with E-state index in [9.17, 15) is 4.79 Å². The van der Waals surface area contributed by atoms with Gasteiger partial charge in [0.25, 0.3) is 5.91 Å². The molecule has 2 rings (SSSR count). The van der Waals surface area contributed by atoms with Crippen LogP contribution in [0.15, 0.2) is 24.5 Å². The van der Waals surface area contributed by atoms with Gasteiger partial charge in [-0.25, -0.2) is 4.98 Å². The molecule has 90 valence electrons. The summed E-state index contributed by atoms with van der Waals surface area (Å²) < 4.78 is 1.90. The smallest absolute Gasteiger partial charge is 0.251 e. The number of nitrogens with one attached hydrogen (secondary N) is 1. The van der Waals surface area contributed by atoms with Gasteiger partial charge in [-0.2, -0.15) is 0 Å². The molecule has 0 fully saturated rings. The van der Waals surface area contributed by atoms with Crippen molar-refractivity contribution in [2.24, 2.45) is 7.05 Å². The van der Waals surface area contributed by atoms with Crippen LogP contribution in [0.2, 0.25) is 0 Å². The molecule has 5 nitrogen and oxygen atoms in total. The molecule has 0 aliphatic carbocycles. The molecular formula is C12H15N3O2. The maximum Gasteiger partial charge on any atom is 0.251 e. The first-order valence-corrected chi connectivity index (χ1v) is 5.44. The fourth-order valence-corrected chi connectivity index (χ4v) is 1.63. The van der Waals surface area contributed by atoms with E-state index in [4.69, 9.17) is 5.11 Å². The van der Waals surface area contributed by atoms with Crippen molar-refractivity contribution in [3.05, 3.63) is 30.1 Å². The molecule has 0 saturated heterocycles. The van der Waals surface area contributed by atoms with Crippen molar-refractivity contribution in [3.63, 3.8) is 0 Å². The lowest BCUT2D eigenvalue weighted by molar-refractivity contribution is 0.0922. The summed E-state index contributed by atoms with van der Waals surface area (Å²) in [6.45, 7) is 1.68. The summed E-state index contributed by atoms with van der Waals surface area (Å²) in [7, 11) is 1.91. The Hall–Kier alpha value is -1.88. The lowest BCUT2D eigenvalue weighted by Gasteiger charge is -2.10. The molecule has 0 saturated carbocycles. The Morgan fingerprint density at radius 2 is 2.35 bits per heavy atom. The third kappa shape index (κ3) is 2.29. The Balaban J connectivity index is 2.27. The van der Waals surface area contributed by atoms with E-state index >= 15 is 0 Å². The van der Waals surface area contributed by atoms with Gasteiger partial charge in [-0.15, -0.1) is 0 Å². The standard InChI is InChI=1S/C12H15N3O2/c1-8(6-16)14-12(17)9-3-4-11-10(5-9)13-7-15(11)2/h3-5,7-8,16H,6H2,1-2H3,(H,14,17). The van der Waals surface area contributed by atoms with Crippen molar-refractivity contribution < 1.29 is 9.90 Å². The second-order valence-corrected chi connectivity index (χ2v) is 4.12. The summed E-state index contributed by atoms with van der Waals surface area (Å²) in [5.41, 5.74) is 2.32. The molecule has 1 amide bonds. The van der Waals surface area contributed by atoms with Crippen molar-refractivity contribution in [1.29, 1.82) is 0 Å². The third-order valence-electron chi connectivity index (χ3n) is 2.64. The van der Waals surface area contributed by atoms with Gasteiger partial charge in [-0.3, -0.25) is 4.79 Å². The van der Waals surface area contributed by atoms with Gasteiger partial charge in [0.1, 0.15) is 0 Å². The Bertz CT molecular complexity index is 548. The zero-order chi connectivity index (χ0) is 12.4. The number of fused-ring (bicyclic) bond motifs is 1. The number of imidazole rings is 1. The Kier molecular flexibility index (Phi) is 3.10. The van der Waals surface area contributed by atoms with Gasteiger partial charge in [-0.05, 0) is 25.1 Å². The molecule has 1 unspecified atom stereocenters. The number of aliphatic hydroxyl groups excluding tert-OH is 1. The highest BCUT2D eigenvalue weighted by atomic mass is 16.3. The van der Waals surface area contributed by atoms with Gasteiger partial charge in [0.05, 0.1) is 24.0 Å². The van der Waals surface area contributed by atoms with Gasteiger partial charge in [-0.1, -0.05) is 0 Å². The number of carbonyl (C=O) groups is 1. The Labute approximate surface area is 99.1 Å². The molecule has 0 spiro atoms. The van der Waals surface area contributed by atoms with Crippen LogP contribution in [0.5, 0.6) is 0 Å². The number of nitrogens with zero attached hydrogens (tertiary/aromatic N) is 2. The number of aryl methyl sites for hydroxylation is 1. The number of amides is 1. The molecule has 2 aromatic rings. The SMILES string of the molecule is CC(CO)NC(=O)c1ccc2c(c1)ncn2C. The highest BCUT2D eigenvalue weighted by Gasteiger charge is 2.10. The molecule has 1 atom stereocenters. The number of hydrogen-bond acceptors (Lipinski definition) is 3. The van der Waals surface area contributed by atoms with Crippen LogP contribution in [0.1, 0.15) is 17.3 Å². The predicted molar refractivity (Wildman–Crippen MR) is 64.7 cm³/mol. The predicted octanol–water partition coefficient (Wildman–Crippen LogP) is 0.684. The molecular weight excluding hydrogens is 218 g/mol. The Morgan fingerprint density at radius 1 is 1.59 bits per heavy atom. The van der Waals surface area contributed by atoms with E-state index in [0.717, 1.165) is 11.0 Å². The quantitative estimate of drug-likeness (QED) is 0.819. The molecule has 0 aliphatic heterocycles. The molecule has 5 heteroatoms. The molecule has 1 aromatic carbocycles. The normalized spacial score (nSPS) is 12.6. The minimum Gasteiger partial charge on any atom is -0.394 e. The lowest BCUT2D eigenvalue weighted by Crippen LogP contribution is -2.34. The van der Waals surface area contributed by atoms with E-state index in [-0.39, 0.29) is 18.6 Å². The number of hydrogen-bond donors (Lipinski definition) is 2. The molecule has 1 heterocycles. The average Bonchev–Trinajstić information content (AvgIpc) is 2.70. The van der Waals surface area contributed by atoms with E-state index in [2.05, 4.69) is 10.3 Å². The van der Waals surface area contributed by atoms with E-state index in [1.807, 2.05) is 17.7 Å². The molecule has 1 aromatic heterocycles. The molecule has 0 radical (unpaired) electrons. The van der Waals surface area contributed by atoms with Crippen molar-refractivity contribution in [2.45, 2.75) is 13.0 Å². The summed E-state index contributed by atoms with van der Waals surface area (Å²) in [5, 5.41) is 11.6. The maximum atomic E-state index is 11.8. The van der Waals surface area contributed by atoms with Gasteiger partial charge >= 0.3 is 0 Å².